The molecule has 1 aromatic heterocycles. The number of alkyl halides is 2. The van der Waals surface area contributed by atoms with Crippen LogP contribution in [-0.4, -0.2) is 28.1 Å². The van der Waals surface area contributed by atoms with Gasteiger partial charge in [-0.15, -0.1) is 0 Å². The molecule has 23 heavy (non-hydrogen) atoms. The van der Waals surface area contributed by atoms with Crippen molar-refractivity contribution in [3.05, 3.63) is 36.0 Å². The number of hydrogen-bond acceptors (Lipinski definition) is 4. The number of benzene rings is 1. The van der Waals surface area contributed by atoms with E-state index in [4.69, 9.17) is 4.74 Å². The molecular weight excluding hydrogens is 306 g/mol. The van der Waals surface area contributed by atoms with Crippen molar-refractivity contribution in [2.75, 3.05) is 0 Å². The van der Waals surface area contributed by atoms with Crippen LogP contribution in [0.1, 0.15) is 26.5 Å². The van der Waals surface area contributed by atoms with Gasteiger partial charge in [0.2, 0.25) is 0 Å². The number of ether oxygens (including phenoxy) is 2. The lowest BCUT2D eigenvalue weighted by molar-refractivity contribution is -0.0498. The number of halogens is 2. The van der Waals surface area contributed by atoms with Gasteiger partial charge in [-0.2, -0.15) is 18.6 Å². The Kier molecular flexibility index (Phi) is 4.68. The van der Waals surface area contributed by atoms with Crippen molar-refractivity contribution in [3.63, 3.8) is 0 Å². The highest BCUT2D eigenvalue weighted by Crippen LogP contribution is 2.23. The van der Waals surface area contributed by atoms with Crippen LogP contribution in [0.3, 0.4) is 0 Å². The zero-order valence-corrected chi connectivity index (χ0v) is 13.3. The Morgan fingerprint density at radius 2 is 1.83 bits per heavy atom. The van der Waals surface area contributed by atoms with E-state index in [1.54, 1.807) is 45.9 Å². The molecule has 7 heteroatoms. The van der Waals surface area contributed by atoms with E-state index in [1.807, 2.05) is 0 Å². The third-order valence-corrected chi connectivity index (χ3v) is 2.83. The van der Waals surface area contributed by atoms with E-state index in [0.717, 1.165) is 0 Å². The highest BCUT2D eigenvalue weighted by Gasteiger charge is 2.20. The molecule has 1 heterocycles. The van der Waals surface area contributed by atoms with E-state index in [0.29, 0.717) is 17.0 Å². The average molecular weight is 324 g/mol. The monoisotopic (exact) mass is 324 g/mol. The molecule has 124 valence electrons. The summed E-state index contributed by atoms with van der Waals surface area (Å²) < 4.78 is 35.0. The van der Waals surface area contributed by atoms with Gasteiger partial charge >= 0.3 is 12.7 Å². The highest BCUT2D eigenvalue weighted by molar-refractivity contribution is 5.73. The summed E-state index contributed by atoms with van der Waals surface area (Å²) in [7, 11) is 0. The summed E-state index contributed by atoms with van der Waals surface area (Å²) in [6.07, 6.45) is -0.570. The standard InChI is InChI=1S/C16H18F2N2O3/c1-10-9-13(19-20(10)15(21)23-16(2,3)4)11-5-7-12(8-6-11)22-14(17)18/h5-9,14H,1-4H3. The number of aromatic nitrogens is 2. The molecule has 0 bridgehead atoms. The zero-order chi connectivity index (χ0) is 17.2. The minimum Gasteiger partial charge on any atom is -0.442 e. The SMILES string of the molecule is Cc1cc(-c2ccc(OC(F)F)cc2)nn1C(=O)OC(C)(C)C. The number of carbonyl (C=O) groups excluding carboxylic acids is 1. The smallest absolute Gasteiger partial charge is 0.435 e. The predicted octanol–water partition coefficient (Wildman–Crippen LogP) is 4.24. The predicted molar refractivity (Wildman–Crippen MR) is 80.7 cm³/mol. The van der Waals surface area contributed by atoms with Crippen molar-refractivity contribution in [1.29, 1.82) is 0 Å². The van der Waals surface area contributed by atoms with E-state index in [2.05, 4.69) is 9.84 Å². The Balaban J connectivity index is 2.22. The van der Waals surface area contributed by atoms with Gasteiger partial charge in [-0.25, -0.2) is 4.79 Å². The Labute approximate surface area is 132 Å². The second-order valence-electron chi connectivity index (χ2n) is 5.97. The number of carbonyl (C=O) groups is 1. The van der Waals surface area contributed by atoms with Gasteiger partial charge < -0.3 is 9.47 Å². The first kappa shape index (κ1) is 16.9. The van der Waals surface area contributed by atoms with Crippen LogP contribution in [0, 0.1) is 6.92 Å². The second kappa shape index (κ2) is 6.36. The summed E-state index contributed by atoms with van der Waals surface area (Å²) in [5, 5.41) is 4.21. The van der Waals surface area contributed by atoms with Crippen molar-refractivity contribution < 1.29 is 23.0 Å². The Bertz CT molecular complexity index is 688. The summed E-state index contributed by atoms with van der Waals surface area (Å²) in [5.74, 6) is 0.0621. The van der Waals surface area contributed by atoms with Crippen LogP contribution in [0.25, 0.3) is 11.3 Å². The lowest BCUT2D eigenvalue weighted by atomic mass is 10.1. The molecule has 0 unspecified atom stereocenters. The van der Waals surface area contributed by atoms with Gasteiger partial charge in [-0.05, 0) is 58.0 Å². The van der Waals surface area contributed by atoms with Crippen LogP contribution >= 0.6 is 0 Å². The maximum absolute atomic E-state index is 12.1. The third-order valence-electron chi connectivity index (χ3n) is 2.83. The fourth-order valence-corrected chi connectivity index (χ4v) is 1.91. The Morgan fingerprint density at radius 1 is 1.22 bits per heavy atom. The minimum absolute atomic E-state index is 0.0621. The molecule has 0 spiro atoms. The Hall–Kier alpha value is -2.44. The van der Waals surface area contributed by atoms with Crippen molar-refractivity contribution in [2.24, 2.45) is 0 Å². The normalized spacial score (nSPS) is 11.6. The summed E-state index contributed by atoms with van der Waals surface area (Å²) in [4.78, 5) is 12.1. The fourth-order valence-electron chi connectivity index (χ4n) is 1.91. The Morgan fingerprint density at radius 3 is 2.35 bits per heavy atom. The quantitative estimate of drug-likeness (QED) is 0.847. The van der Waals surface area contributed by atoms with Gasteiger partial charge in [0.15, 0.2) is 0 Å². The van der Waals surface area contributed by atoms with Gasteiger partial charge in [0.25, 0.3) is 0 Å². The molecule has 0 aliphatic rings. The molecule has 2 aromatic rings. The first-order chi connectivity index (χ1) is 10.7. The van der Waals surface area contributed by atoms with Crippen molar-refractivity contribution in [1.82, 2.24) is 9.78 Å². The zero-order valence-electron chi connectivity index (χ0n) is 13.3. The molecule has 5 nitrogen and oxygen atoms in total. The molecule has 0 N–H and O–H groups in total. The first-order valence-electron chi connectivity index (χ1n) is 7.01. The highest BCUT2D eigenvalue weighted by atomic mass is 19.3. The van der Waals surface area contributed by atoms with Crippen molar-refractivity contribution in [2.45, 2.75) is 39.9 Å². The molecule has 2 rings (SSSR count). The lowest BCUT2D eigenvalue weighted by Gasteiger charge is -2.19. The second-order valence-corrected chi connectivity index (χ2v) is 5.97. The minimum atomic E-state index is -2.87. The van der Waals surface area contributed by atoms with E-state index in [9.17, 15) is 13.6 Å². The fraction of sp³-hybridized carbons (Fsp3) is 0.375. The van der Waals surface area contributed by atoms with Crippen molar-refractivity contribution >= 4 is 6.09 Å². The number of hydrogen-bond donors (Lipinski definition) is 0. The van der Waals surface area contributed by atoms with Gasteiger partial charge in [-0.1, -0.05) is 0 Å². The van der Waals surface area contributed by atoms with Crippen LogP contribution < -0.4 is 4.74 Å². The molecule has 0 aliphatic carbocycles. The van der Waals surface area contributed by atoms with Gasteiger partial charge in [0.1, 0.15) is 11.4 Å². The molecule has 0 saturated heterocycles. The van der Waals surface area contributed by atoms with E-state index >= 15 is 0 Å². The van der Waals surface area contributed by atoms with Crippen LogP contribution in [0.5, 0.6) is 5.75 Å². The summed E-state index contributed by atoms with van der Waals surface area (Å²) in [6.45, 7) is 4.18. The van der Waals surface area contributed by atoms with Gasteiger partial charge in [0.05, 0.1) is 5.69 Å². The average Bonchev–Trinajstić information content (AvgIpc) is 2.79. The first-order valence-corrected chi connectivity index (χ1v) is 7.01. The number of rotatable bonds is 3. The van der Waals surface area contributed by atoms with Crippen LogP contribution in [-0.2, 0) is 4.74 Å². The third kappa shape index (κ3) is 4.51. The topological polar surface area (TPSA) is 53.4 Å². The molecular formula is C16H18F2N2O3. The molecule has 0 aliphatic heterocycles. The molecule has 0 fully saturated rings. The van der Waals surface area contributed by atoms with Crippen LogP contribution in [0.2, 0.25) is 0 Å². The number of nitrogens with zero attached hydrogens (tertiary/aromatic N) is 2. The van der Waals surface area contributed by atoms with Crippen molar-refractivity contribution in [3.8, 4) is 17.0 Å². The maximum Gasteiger partial charge on any atom is 0.435 e. The molecule has 0 radical (unpaired) electrons. The maximum atomic E-state index is 12.1. The summed E-state index contributed by atoms with van der Waals surface area (Å²) >= 11 is 0. The largest absolute Gasteiger partial charge is 0.442 e. The molecule has 0 saturated carbocycles. The lowest BCUT2D eigenvalue weighted by Crippen LogP contribution is -2.28. The van der Waals surface area contributed by atoms with Crippen LogP contribution in [0.4, 0.5) is 13.6 Å². The van der Waals surface area contributed by atoms with E-state index in [1.165, 1.54) is 16.8 Å². The van der Waals surface area contributed by atoms with Gasteiger partial charge in [0, 0.05) is 11.3 Å². The van der Waals surface area contributed by atoms with E-state index in [-0.39, 0.29) is 5.75 Å². The molecule has 1 aromatic carbocycles. The summed E-state index contributed by atoms with van der Waals surface area (Å²) in [6, 6.07) is 7.75. The number of aryl methyl sites for hydroxylation is 1. The molecule has 0 amide bonds. The van der Waals surface area contributed by atoms with E-state index < -0.39 is 18.3 Å². The van der Waals surface area contributed by atoms with Gasteiger partial charge in [-0.3, -0.25) is 0 Å². The summed E-state index contributed by atoms with van der Waals surface area (Å²) in [5.41, 5.74) is 1.21. The van der Waals surface area contributed by atoms with Crippen LogP contribution in [0.15, 0.2) is 30.3 Å². The molecule has 0 atom stereocenters.